The molecular formula is C53H103NO7P+. The van der Waals surface area contributed by atoms with Gasteiger partial charge in [-0.05, 0) is 70.6 Å². The number of phosphoric acid groups is 1. The van der Waals surface area contributed by atoms with Gasteiger partial charge in [0, 0.05) is 13.0 Å². The Bertz CT molecular complexity index is 1090. The molecule has 0 saturated heterocycles. The van der Waals surface area contributed by atoms with Gasteiger partial charge in [0.2, 0.25) is 0 Å². The number of carbonyl (C=O) groups is 1. The fourth-order valence-corrected chi connectivity index (χ4v) is 8.09. The van der Waals surface area contributed by atoms with Gasteiger partial charge in [0.05, 0.1) is 34.4 Å². The van der Waals surface area contributed by atoms with Crippen molar-refractivity contribution in [3.8, 4) is 0 Å². The standard InChI is InChI=1S/C53H102NO7P/c1-6-8-10-12-14-16-18-20-22-24-26-27-28-30-32-34-36-38-40-42-44-46-53(55)61-52(51-60-62(56,57)59-49-47-54(3,4)5)50-58-48-45-43-41-39-37-35-33-31-29-25-23-21-19-17-15-13-11-9-7-2/h17,19,23-26,52H,6-16,18,20-22,27-51H2,1-5H3/p+1/b19-17-,25-23-,26-24-. The molecule has 0 bridgehead atoms. The lowest BCUT2D eigenvalue weighted by molar-refractivity contribution is -0.870. The summed E-state index contributed by atoms with van der Waals surface area (Å²) >= 11 is 0. The molecule has 0 spiro atoms. The van der Waals surface area contributed by atoms with E-state index in [9.17, 15) is 14.3 Å². The zero-order valence-electron chi connectivity index (χ0n) is 41.6. The van der Waals surface area contributed by atoms with Gasteiger partial charge in [-0.3, -0.25) is 13.8 Å². The van der Waals surface area contributed by atoms with Crippen LogP contribution in [0.1, 0.15) is 239 Å². The topological polar surface area (TPSA) is 91.3 Å². The lowest BCUT2D eigenvalue weighted by atomic mass is 10.1. The number of ether oxygens (including phenoxy) is 2. The maximum atomic E-state index is 12.8. The third-order valence-corrected chi connectivity index (χ3v) is 12.4. The number of quaternary nitrogens is 1. The van der Waals surface area contributed by atoms with Gasteiger partial charge in [-0.15, -0.1) is 0 Å². The van der Waals surface area contributed by atoms with E-state index < -0.39 is 13.9 Å². The fraction of sp³-hybridized carbons (Fsp3) is 0.868. The molecule has 0 rings (SSSR count). The van der Waals surface area contributed by atoms with E-state index in [1.807, 2.05) is 21.1 Å². The highest BCUT2D eigenvalue weighted by Crippen LogP contribution is 2.43. The second-order valence-electron chi connectivity index (χ2n) is 18.9. The smallest absolute Gasteiger partial charge is 0.457 e. The van der Waals surface area contributed by atoms with E-state index in [0.717, 1.165) is 38.5 Å². The summed E-state index contributed by atoms with van der Waals surface area (Å²) in [4.78, 5) is 23.0. The zero-order valence-corrected chi connectivity index (χ0v) is 42.5. The van der Waals surface area contributed by atoms with Crippen molar-refractivity contribution in [1.29, 1.82) is 0 Å². The average molecular weight is 897 g/mol. The normalized spacial score (nSPS) is 13.8. The molecule has 0 aliphatic heterocycles. The van der Waals surface area contributed by atoms with Crippen LogP contribution in [0.2, 0.25) is 0 Å². The molecule has 0 aliphatic rings. The third-order valence-electron chi connectivity index (χ3n) is 11.4. The number of phosphoric ester groups is 1. The van der Waals surface area contributed by atoms with Crippen LogP contribution in [0.3, 0.4) is 0 Å². The van der Waals surface area contributed by atoms with Crippen LogP contribution < -0.4 is 0 Å². The number of nitrogens with zero attached hydrogens (tertiary/aromatic N) is 1. The van der Waals surface area contributed by atoms with Crippen molar-refractivity contribution in [2.75, 3.05) is 54.1 Å². The van der Waals surface area contributed by atoms with Crippen LogP contribution in [-0.4, -0.2) is 75.6 Å². The van der Waals surface area contributed by atoms with E-state index in [1.54, 1.807) is 0 Å². The number of allylic oxidation sites excluding steroid dienone is 6. The summed E-state index contributed by atoms with van der Waals surface area (Å²) in [6.07, 6.45) is 56.1. The SMILES string of the molecule is CCCCCC/C=C\C/C=C\CCCCCCCCCCOCC(COP(=O)(O)OCC[N+](C)(C)C)OC(=O)CCCCCCCCCCC/C=C\CCCCCCCCCC. The molecule has 0 saturated carbocycles. The molecule has 0 radical (unpaired) electrons. The van der Waals surface area contributed by atoms with E-state index >= 15 is 0 Å². The van der Waals surface area contributed by atoms with Crippen LogP contribution in [0.4, 0.5) is 0 Å². The summed E-state index contributed by atoms with van der Waals surface area (Å²) in [5.74, 6) is -0.315. The highest BCUT2D eigenvalue weighted by atomic mass is 31.2. The number of unbranched alkanes of at least 4 members (excludes halogenated alkanes) is 29. The Kier molecular flexibility index (Phi) is 45.3. The van der Waals surface area contributed by atoms with Crippen molar-refractivity contribution in [3.63, 3.8) is 0 Å². The van der Waals surface area contributed by atoms with Gasteiger partial charge in [0.15, 0.2) is 0 Å². The van der Waals surface area contributed by atoms with Gasteiger partial charge < -0.3 is 18.9 Å². The second-order valence-corrected chi connectivity index (χ2v) is 20.4. The Morgan fingerprint density at radius 3 is 1.34 bits per heavy atom. The second kappa shape index (κ2) is 46.3. The molecule has 2 unspecified atom stereocenters. The van der Waals surface area contributed by atoms with Crippen molar-refractivity contribution in [2.24, 2.45) is 0 Å². The van der Waals surface area contributed by atoms with Gasteiger partial charge >= 0.3 is 13.8 Å². The summed E-state index contributed by atoms with van der Waals surface area (Å²) < 4.78 is 35.2. The van der Waals surface area contributed by atoms with Crippen molar-refractivity contribution in [3.05, 3.63) is 36.5 Å². The molecule has 0 fully saturated rings. The molecule has 0 heterocycles. The molecule has 0 aromatic carbocycles. The van der Waals surface area contributed by atoms with Gasteiger partial charge in [0.1, 0.15) is 19.3 Å². The molecule has 9 heteroatoms. The largest absolute Gasteiger partial charge is 0.472 e. The summed E-state index contributed by atoms with van der Waals surface area (Å²) in [5, 5.41) is 0. The highest BCUT2D eigenvalue weighted by Gasteiger charge is 2.26. The Labute approximate surface area is 385 Å². The first-order valence-electron chi connectivity index (χ1n) is 26.2. The predicted molar refractivity (Wildman–Crippen MR) is 266 cm³/mol. The first-order chi connectivity index (χ1) is 30.1. The number of rotatable bonds is 49. The van der Waals surface area contributed by atoms with Crippen LogP contribution in [-0.2, 0) is 27.9 Å². The zero-order chi connectivity index (χ0) is 45.5. The van der Waals surface area contributed by atoms with Gasteiger partial charge in [-0.2, -0.15) is 0 Å². The molecule has 366 valence electrons. The first kappa shape index (κ1) is 60.7. The lowest BCUT2D eigenvalue weighted by Gasteiger charge is -2.24. The number of likely N-dealkylation sites (N-methyl/N-ethyl adjacent to an activating group) is 1. The summed E-state index contributed by atoms with van der Waals surface area (Å²) in [5.41, 5.74) is 0. The van der Waals surface area contributed by atoms with Crippen LogP contribution in [0.15, 0.2) is 36.5 Å². The Morgan fingerprint density at radius 2 is 0.887 bits per heavy atom. The van der Waals surface area contributed by atoms with Crippen LogP contribution in [0.5, 0.6) is 0 Å². The van der Waals surface area contributed by atoms with Gasteiger partial charge in [0.25, 0.3) is 0 Å². The Morgan fingerprint density at radius 1 is 0.500 bits per heavy atom. The molecule has 0 aromatic rings. The van der Waals surface area contributed by atoms with E-state index in [-0.39, 0.29) is 25.8 Å². The van der Waals surface area contributed by atoms with E-state index in [2.05, 4.69) is 50.3 Å². The highest BCUT2D eigenvalue weighted by molar-refractivity contribution is 7.47. The number of esters is 1. The van der Waals surface area contributed by atoms with Crippen LogP contribution in [0.25, 0.3) is 0 Å². The Hall–Kier alpha value is -1.28. The van der Waals surface area contributed by atoms with Crippen LogP contribution in [0, 0.1) is 0 Å². The van der Waals surface area contributed by atoms with Crippen LogP contribution >= 0.6 is 7.82 Å². The minimum atomic E-state index is -4.28. The maximum Gasteiger partial charge on any atom is 0.472 e. The number of hydrogen-bond acceptors (Lipinski definition) is 6. The third kappa shape index (κ3) is 49.7. The van der Waals surface area contributed by atoms with Gasteiger partial charge in [-0.1, -0.05) is 198 Å². The molecule has 0 aromatic heterocycles. The summed E-state index contributed by atoms with van der Waals surface area (Å²) in [6.45, 7) is 5.62. The summed E-state index contributed by atoms with van der Waals surface area (Å²) in [6, 6.07) is 0. The molecule has 0 amide bonds. The van der Waals surface area contributed by atoms with Gasteiger partial charge in [-0.25, -0.2) is 4.57 Å². The lowest BCUT2D eigenvalue weighted by Crippen LogP contribution is -2.37. The minimum Gasteiger partial charge on any atom is -0.457 e. The van der Waals surface area contributed by atoms with Crippen molar-refractivity contribution in [1.82, 2.24) is 0 Å². The van der Waals surface area contributed by atoms with Crippen molar-refractivity contribution < 1.29 is 37.3 Å². The molecule has 8 nitrogen and oxygen atoms in total. The fourth-order valence-electron chi connectivity index (χ4n) is 7.34. The van der Waals surface area contributed by atoms with E-state index in [4.69, 9.17) is 18.5 Å². The molecule has 0 aliphatic carbocycles. The first-order valence-corrected chi connectivity index (χ1v) is 27.7. The Balaban J connectivity index is 4.14. The molecular weight excluding hydrogens is 794 g/mol. The average Bonchev–Trinajstić information content (AvgIpc) is 3.23. The minimum absolute atomic E-state index is 0.0874. The molecule has 62 heavy (non-hydrogen) atoms. The molecule has 2 atom stereocenters. The summed E-state index contributed by atoms with van der Waals surface area (Å²) in [7, 11) is 1.67. The van der Waals surface area contributed by atoms with E-state index in [1.165, 1.54) is 180 Å². The number of hydrogen-bond donors (Lipinski definition) is 1. The monoisotopic (exact) mass is 897 g/mol. The number of carbonyl (C=O) groups excluding carboxylic acids is 1. The van der Waals surface area contributed by atoms with E-state index in [0.29, 0.717) is 24.1 Å². The quantitative estimate of drug-likeness (QED) is 0.0214. The maximum absolute atomic E-state index is 12.8. The predicted octanol–water partition coefficient (Wildman–Crippen LogP) is 16.1. The van der Waals surface area contributed by atoms with Crippen molar-refractivity contribution in [2.45, 2.75) is 245 Å². The molecule has 1 N–H and O–H groups in total. The van der Waals surface area contributed by atoms with Crippen molar-refractivity contribution >= 4 is 13.8 Å².